The number of nitrogens with zero attached hydrogens (tertiary/aromatic N) is 4. The van der Waals surface area contributed by atoms with Crippen LogP contribution in [0, 0.1) is 0 Å². The third-order valence-electron chi connectivity index (χ3n) is 12.3. The zero-order valence-corrected chi connectivity index (χ0v) is 34.8. The Morgan fingerprint density at radius 3 is 1.34 bits per heavy atom. The quantitative estimate of drug-likeness (QED) is 0.151. The van der Waals surface area contributed by atoms with Gasteiger partial charge in [0.2, 0.25) is 5.71 Å². The van der Waals surface area contributed by atoms with E-state index in [1.165, 1.54) is 0 Å². The average Bonchev–Trinajstić information content (AvgIpc) is 4.05. The summed E-state index contributed by atoms with van der Waals surface area (Å²) in [7, 11) is 0. The van der Waals surface area contributed by atoms with Gasteiger partial charge in [-0.05, 0) is 95.1 Å². The first-order valence-electron chi connectivity index (χ1n) is 21.6. The largest absolute Gasteiger partial charge is 0.456 e. The van der Waals surface area contributed by atoms with Crippen LogP contribution in [-0.2, 0) is 0 Å². The standard InChI is InChI=1S/C58H36N4O3/c1-3-11-37(12-4-1)39-19-23-41(24-20-39)61(43-27-29-48-46-15-7-9-17-51(46)63-53(48)33-43)45-35-55-57(59-36-45)50-31-32-56(60-58(50)65-55)62(42-25-21-40(22-26-42)38-13-5-2-6-14-38)44-28-30-49-47-16-8-10-18-52(47)64-54(49)34-44/h1-36H. The summed E-state index contributed by atoms with van der Waals surface area (Å²) < 4.78 is 19.4. The second-order valence-corrected chi connectivity index (χ2v) is 16.2. The average molecular weight is 837 g/mol. The van der Waals surface area contributed by atoms with Crippen LogP contribution in [0.15, 0.2) is 232 Å². The Hall–Kier alpha value is -8.94. The molecule has 5 heterocycles. The molecule has 65 heavy (non-hydrogen) atoms. The highest BCUT2D eigenvalue weighted by atomic mass is 16.3. The molecule has 0 N–H and O–H groups in total. The highest BCUT2D eigenvalue weighted by molar-refractivity contribution is 6.08. The summed E-state index contributed by atoms with van der Waals surface area (Å²) in [6.45, 7) is 0. The van der Waals surface area contributed by atoms with Gasteiger partial charge in [-0.2, -0.15) is 4.98 Å². The highest BCUT2D eigenvalue weighted by Gasteiger charge is 2.22. The molecule has 13 aromatic rings. The molecule has 0 fully saturated rings. The molecular formula is C58H36N4O3. The van der Waals surface area contributed by atoms with Crippen molar-refractivity contribution in [2.75, 3.05) is 9.80 Å². The van der Waals surface area contributed by atoms with Crippen molar-refractivity contribution in [2.24, 2.45) is 0 Å². The fourth-order valence-electron chi connectivity index (χ4n) is 9.19. The van der Waals surface area contributed by atoms with E-state index in [2.05, 4.69) is 161 Å². The van der Waals surface area contributed by atoms with Crippen LogP contribution in [0.5, 0.6) is 0 Å². The van der Waals surface area contributed by atoms with Crippen LogP contribution in [0.25, 0.3) is 88.3 Å². The van der Waals surface area contributed by atoms with E-state index in [1.807, 2.05) is 66.9 Å². The number of rotatable bonds is 8. The maximum Gasteiger partial charge on any atom is 0.230 e. The van der Waals surface area contributed by atoms with Crippen LogP contribution in [0.3, 0.4) is 0 Å². The molecule has 13 rings (SSSR count). The molecule has 0 aliphatic heterocycles. The Bertz CT molecular complexity index is 3640. The van der Waals surface area contributed by atoms with Gasteiger partial charge in [0.15, 0.2) is 5.58 Å². The Labute approximate surface area is 372 Å². The van der Waals surface area contributed by atoms with Gasteiger partial charge < -0.3 is 18.2 Å². The van der Waals surface area contributed by atoms with Gasteiger partial charge in [0.25, 0.3) is 0 Å². The van der Waals surface area contributed by atoms with Crippen molar-refractivity contribution in [2.45, 2.75) is 0 Å². The number of benzene rings is 8. The number of para-hydroxylation sites is 2. The summed E-state index contributed by atoms with van der Waals surface area (Å²) >= 11 is 0. The fraction of sp³-hybridized carbons (Fsp3) is 0. The van der Waals surface area contributed by atoms with E-state index in [9.17, 15) is 0 Å². The SMILES string of the molecule is c1ccc(-c2ccc(N(c3ccc4c(c3)oc3ccccc34)c3cnc4c(c3)oc3nc(N(c5ccc(-c6ccccc6)cc5)c5ccc6c(c5)oc5ccccc56)ccc34)cc2)cc1. The molecule has 5 aromatic heterocycles. The topological polar surface area (TPSA) is 71.7 Å². The second kappa shape index (κ2) is 14.9. The second-order valence-electron chi connectivity index (χ2n) is 16.2. The molecule has 0 unspecified atom stereocenters. The minimum atomic E-state index is 0.486. The third kappa shape index (κ3) is 6.28. The van der Waals surface area contributed by atoms with E-state index in [-0.39, 0.29) is 0 Å². The van der Waals surface area contributed by atoms with E-state index in [4.69, 9.17) is 23.2 Å². The smallest absolute Gasteiger partial charge is 0.230 e. The number of fused-ring (bicyclic) bond motifs is 9. The zero-order valence-electron chi connectivity index (χ0n) is 34.8. The fourth-order valence-corrected chi connectivity index (χ4v) is 9.19. The number of hydrogen-bond donors (Lipinski definition) is 0. The first kappa shape index (κ1) is 36.7. The number of anilines is 6. The number of hydrogen-bond acceptors (Lipinski definition) is 7. The van der Waals surface area contributed by atoms with Crippen LogP contribution < -0.4 is 9.80 Å². The van der Waals surface area contributed by atoms with Crippen molar-refractivity contribution >= 4 is 100 Å². The minimum absolute atomic E-state index is 0.486. The van der Waals surface area contributed by atoms with Gasteiger partial charge >= 0.3 is 0 Å². The molecule has 0 amide bonds. The van der Waals surface area contributed by atoms with Crippen molar-refractivity contribution in [3.05, 3.63) is 219 Å². The Morgan fingerprint density at radius 1 is 0.308 bits per heavy atom. The maximum atomic E-state index is 6.69. The molecular weight excluding hydrogens is 801 g/mol. The summed E-state index contributed by atoms with van der Waals surface area (Å²) in [6.07, 6.45) is 1.91. The number of aromatic nitrogens is 2. The van der Waals surface area contributed by atoms with Gasteiger partial charge in [0, 0.05) is 56.8 Å². The lowest BCUT2D eigenvalue weighted by atomic mass is 10.0. The summed E-state index contributed by atoms with van der Waals surface area (Å²) in [4.78, 5) is 14.6. The lowest BCUT2D eigenvalue weighted by Crippen LogP contribution is -2.11. The van der Waals surface area contributed by atoms with Crippen LogP contribution in [0.2, 0.25) is 0 Å². The monoisotopic (exact) mass is 836 g/mol. The predicted molar refractivity (Wildman–Crippen MR) is 264 cm³/mol. The summed E-state index contributed by atoms with van der Waals surface area (Å²) in [5.41, 5.74) is 14.3. The van der Waals surface area contributed by atoms with Crippen LogP contribution in [0.4, 0.5) is 34.3 Å². The minimum Gasteiger partial charge on any atom is -0.456 e. The lowest BCUT2D eigenvalue weighted by Gasteiger charge is -2.25. The van der Waals surface area contributed by atoms with E-state index >= 15 is 0 Å². The molecule has 0 bridgehead atoms. The van der Waals surface area contributed by atoms with Crippen molar-refractivity contribution in [3.63, 3.8) is 0 Å². The molecule has 8 aromatic carbocycles. The van der Waals surface area contributed by atoms with Crippen molar-refractivity contribution in [1.29, 1.82) is 0 Å². The maximum absolute atomic E-state index is 6.69. The molecule has 0 spiro atoms. The normalized spacial score (nSPS) is 11.7. The highest BCUT2D eigenvalue weighted by Crippen LogP contribution is 2.43. The van der Waals surface area contributed by atoms with Gasteiger partial charge in [-0.3, -0.25) is 4.90 Å². The van der Waals surface area contributed by atoms with Gasteiger partial charge in [-0.15, -0.1) is 0 Å². The molecule has 0 saturated carbocycles. The third-order valence-corrected chi connectivity index (χ3v) is 12.3. The lowest BCUT2D eigenvalue weighted by molar-refractivity contribution is 0.653. The predicted octanol–water partition coefficient (Wildman–Crippen LogP) is 16.4. The number of pyridine rings is 2. The number of furan rings is 3. The summed E-state index contributed by atoms with van der Waals surface area (Å²) in [5, 5.41) is 5.12. The van der Waals surface area contributed by atoms with Gasteiger partial charge in [0.1, 0.15) is 33.7 Å². The van der Waals surface area contributed by atoms with E-state index < -0.39 is 0 Å². The molecule has 306 valence electrons. The van der Waals surface area contributed by atoms with Crippen molar-refractivity contribution in [3.8, 4) is 22.3 Å². The van der Waals surface area contributed by atoms with Crippen molar-refractivity contribution in [1.82, 2.24) is 9.97 Å². The Kier molecular flexibility index (Phi) is 8.39. The molecule has 0 atom stereocenters. The Balaban J connectivity index is 0.929. The Morgan fingerprint density at radius 2 is 0.754 bits per heavy atom. The molecule has 0 aliphatic carbocycles. The van der Waals surface area contributed by atoms with E-state index in [0.29, 0.717) is 17.1 Å². The van der Waals surface area contributed by atoms with E-state index in [1.54, 1.807) is 0 Å². The zero-order chi connectivity index (χ0) is 42.8. The summed E-state index contributed by atoms with van der Waals surface area (Å²) in [6, 6.07) is 73.1. The molecule has 7 heteroatoms. The van der Waals surface area contributed by atoms with Crippen LogP contribution >= 0.6 is 0 Å². The molecule has 0 saturated heterocycles. The molecule has 7 nitrogen and oxygen atoms in total. The van der Waals surface area contributed by atoms with Crippen LogP contribution in [0.1, 0.15) is 0 Å². The molecule has 0 aliphatic rings. The summed E-state index contributed by atoms with van der Waals surface area (Å²) in [5.74, 6) is 0.693. The molecule has 0 radical (unpaired) electrons. The van der Waals surface area contributed by atoms with Gasteiger partial charge in [0.05, 0.1) is 23.0 Å². The van der Waals surface area contributed by atoms with Crippen molar-refractivity contribution < 1.29 is 13.3 Å². The van der Waals surface area contributed by atoms with Crippen LogP contribution in [-0.4, -0.2) is 9.97 Å². The van der Waals surface area contributed by atoms with Gasteiger partial charge in [-0.25, -0.2) is 4.98 Å². The van der Waals surface area contributed by atoms with E-state index in [0.717, 1.165) is 105 Å². The first-order chi connectivity index (χ1) is 32.2. The van der Waals surface area contributed by atoms with Gasteiger partial charge in [-0.1, -0.05) is 121 Å². The first-order valence-corrected chi connectivity index (χ1v) is 21.6.